The first-order valence-corrected chi connectivity index (χ1v) is 12.5. The van der Waals surface area contributed by atoms with Crippen LogP contribution in [0.5, 0.6) is 0 Å². The van der Waals surface area contributed by atoms with Gasteiger partial charge in [-0.05, 0) is 50.1 Å². The van der Waals surface area contributed by atoms with E-state index in [0.717, 1.165) is 8.95 Å². The summed E-state index contributed by atoms with van der Waals surface area (Å²) in [7, 11) is 0. The second kappa shape index (κ2) is 11.5. The van der Waals surface area contributed by atoms with Crippen LogP contribution >= 0.6 is 31.9 Å². The van der Waals surface area contributed by atoms with Crippen LogP contribution in [-0.2, 0) is 0 Å². The zero-order valence-electron chi connectivity index (χ0n) is 19.2. The van der Waals surface area contributed by atoms with Crippen molar-refractivity contribution in [2.75, 3.05) is 24.6 Å². The van der Waals surface area contributed by atoms with Gasteiger partial charge in [-0.15, -0.1) is 0 Å². The lowest BCUT2D eigenvalue weighted by atomic mass is 9.93. The van der Waals surface area contributed by atoms with Gasteiger partial charge in [-0.3, -0.25) is 9.59 Å². The topological polar surface area (TPSA) is 219 Å². The Kier molecular flexibility index (Phi) is 8.15. The van der Waals surface area contributed by atoms with Gasteiger partial charge in [-0.2, -0.15) is 0 Å². The lowest BCUT2D eigenvalue weighted by molar-refractivity contribution is 0.0898. The van der Waals surface area contributed by atoms with Crippen molar-refractivity contribution in [3.63, 3.8) is 0 Å². The van der Waals surface area contributed by atoms with Crippen LogP contribution in [-0.4, -0.2) is 66.0 Å². The highest BCUT2D eigenvalue weighted by atomic mass is 79.9. The Morgan fingerprint density at radius 2 is 1.68 bits per heavy atom. The molecule has 37 heavy (non-hydrogen) atoms. The molecule has 11 N–H and O–H groups in total. The van der Waals surface area contributed by atoms with Gasteiger partial charge in [0.1, 0.15) is 11.4 Å². The molecule has 0 aromatic carbocycles. The SMILES string of the molecule is Nc1ncc([C@@H](c2[nH]c(N)nc2C=CCNC(=O)c2cc(Br)c[nH]2)[C@H](O)CNC(=O)c2cc(Br)c[nH]2)[nH]1. The number of rotatable bonds is 10. The van der Waals surface area contributed by atoms with E-state index in [1.54, 1.807) is 36.7 Å². The van der Waals surface area contributed by atoms with Gasteiger partial charge in [-0.1, -0.05) is 6.08 Å². The molecule has 2 amide bonds. The summed E-state index contributed by atoms with van der Waals surface area (Å²) in [5.74, 6) is -1.11. The average Bonchev–Trinajstić information content (AvgIpc) is 3.65. The summed E-state index contributed by atoms with van der Waals surface area (Å²) >= 11 is 6.57. The molecular weight excluding hydrogens is 612 g/mol. The number of halogens is 2. The van der Waals surface area contributed by atoms with E-state index < -0.39 is 12.0 Å². The van der Waals surface area contributed by atoms with Crippen molar-refractivity contribution in [2.45, 2.75) is 12.0 Å². The number of hydrogen-bond donors (Lipinski definition) is 9. The first-order valence-electron chi connectivity index (χ1n) is 11.0. The van der Waals surface area contributed by atoms with Crippen molar-refractivity contribution in [3.8, 4) is 0 Å². The van der Waals surface area contributed by atoms with E-state index in [9.17, 15) is 14.7 Å². The maximum Gasteiger partial charge on any atom is 0.267 e. The Bertz CT molecular complexity index is 1420. The summed E-state index contributed by atoms with van der Waals surface area (Å²) in [6.45, 7) is 0.122. The highest BCUT2D eigenvalue weighted by Crippen LogP contribution is 2.30. The smallest absolute Gasteiger partial charge is 0.267 e. The highest BCUT2D eigenvalue weighted by molar-refractivity contribution is 9.10. The van der Waals surface area contributed by atoms with Crippen LogP contribution in [0, 0.1) is 0 Å². The molecule has 4 aromatic rings. The van der Waals surface area contributed by atoms with E-state index in [-0.39, 0.29) is 36.8 Å². The fraction of sp³-hybridized carbons (Fsp3) is 0.182. The lowest BCUT2D eigenvalue weighted by Crippen LogP contribution is -2.36. The predicted octanol–water partition coefficient (Wildman–Crippen LogP) is 1.84. The second-order valence-electron chi connectivity index (χ2n) is 7.98. The summed E-state index contributed by atoms with van der Waals surface area (Å²) < 4.78 is 1.50. The Labute approximate surface area is 227 Å². The van der Waals surface area contributed by atoms with Gasteiger partial charge in [-0.25, -0.2) is 9.97 Å². The standard InChI is InChI=1S/C22H24Br2N10O3/c23-10-4-13(28-6-10)19(36)27-3-1-2-12-18(34-22(26)32-12)17(15-8-31-21(25)33-15)16(35)9-30-20(37)14-5-11(24)7-29-14/h1-2,4-8,16-17,28-29,35H,3,9H2,(H,27,36)(H,30,37)(H3,25,31,33)(H3,26,32,34)/t16-,17-/m1/s1. The molecule has 0 bridgehead atoms. The minimum atomic E-state index is -1.11. The Hall–Kier alpha value is -3.82. The summed E-state index contributed by atoms with van der Waals surface area (Å²) in [5.41, 5.74) is 13.9. The number of nitrogens with one attached hydrogen (secondary N) is 6. The molecule has 0 radical (unpaired) electrons. The molecule has 4 aromatic heterocycles. The zero-order chi connectivity index (χ0) is 26.5. The molecule has 2 atom stereocenters. The molecule has 15 heteroatoms. The predicted molar refractivity (Wildman–Crippen MR) is 145 cm³/mol. The number of aliphatic hydroxyl groups is 1. The average molecular weight is 636 g/mol. The molecule has 13 nitrogen and oxygen atoms in total. The number of nitrogens with two attached hydrogens (primary N) is 2. The molecule has 0 aliphatic carbocycles. The number of imidazole rings is 2. The number of H-pyrrole nitrogens is 4. The number of hydrogen-bond acceptors (Lipinski definition) is 7. The second-order valence-corrected chi connectivity index (χ2v) is 9.81. The van der Waals surface area contributed by atoms with Crippen LogP contribution in [0.25, 0.3) is 6.08 Å². The molecule has 4 heterocycles. The normalized spacial score (nSPS) is 13.1. The summed E-state index contributed by atoms with van der Waals surface area (Å²) in [6.07, 6.45) is 7.04. The van der Waals surface area contributed by atoms with E-state index in [2.05, 4.69) is 72.4 Å². The molecule has 0 unspecified atom stereocenters. The maximum atomic E-state index is 12.5. The molecule has 0 spiro atoms. The number of aliphatic hydroxyl groups excluding tert-OH is 1. The van der Waals surface area contributed by atoms with Gasteiger partial charge in [0.05, 0.1) is 29.6 Å². The van der Waals surface area contributed by atoms with E-state index in [1.165, 1.54) is 6.20 Å². The monoisotopic (exact) mass is 634 g/mol. The van der Waals surface area contributed by atoms with Gasteiger partial charge in [0.15, 0.2) is 11.9 Å². The van der Waals surface area contributed by atoms with Crippen LogP contribution in [0.1, 0.15) is 44.0 Å². The van der Waals surface area contributed by atoms with Crippen LogP contribution in [0.3, 0.4) is 0 Å². The molecule has 0 saturated heterocycles. The Morgan fingerprint density at radius 1 is 1.03 bits per heavy atom. The van der Waals surface area contributed by atoms with Crippen LogP contribution in [0.4, 0.5) is 11.9 Å². The molecular formula is C22H24Br2N10O3. The molecule has 0 fully saturated rings. The quantitative estimate of drug-likeness (QED) is 0.126. The van der Waals surface area contributed by atoms with Gasteiger partial charge in [0, 0.05) is 40.1 Å². The van der Waals surface area contributed by atoms with Gasteiger partial charge < -0.3 is 47.1 Å². The first-order chi connectivity index (χ1) is 17.7. The number of carbonyl (C=O) groups is 2. The van der Waals surface area contributed by atoms with Crippen molar-refractivity contribution < 1.29 is 14.7 Å². The number of nitrogen functional groups attached to an aromatic ring is 2. The Morgan fingerprint density at radius 3 is 2.24 bits per heavy atom. The van der Waals surface area contributed by atoms with Gasteiger partial charge in [0.25, 0.3) is 11.8 Å². The van der Waals surface area contributed by atoms with Crippen molar-refractivity contribution >= 4 is 61.6 Å². The lowest BCUT2D eigenvalue weighted by Gasteiger charge is -2.22. The van der Waals surface area contributed by atoms with Crippen LogP contribution < -0.4 is 22.1 Å². The third-order valence-corrected chi connectivity index (χ3v) is 6.25. The first kappa shape index (κ1) is 26.2. The fourth-order valence-electron chi connectivity index (χ4n) is 3.67. The summed E-state index contributed by atoms with van der Waals surface area (Å²) in [6, 6.07) is 3.29. The third-order valence-electron chi connectivity index (χ3n) is 5.34. The van der Waals surface area contributed by atoms with Gasteiger partial charge in [0.2, 0.25) is 0 Å². The molecule has 194 valence electrons. The third kappa shape index (κ3) is 6.49. The number of aromatic nitrogens is 6. The van der Waals surface area contributed by atoms with E-state index in [1.807, 2.05) is 0 Å². The van der Waals surface area contributed by atoms with Crippen molar-refractivity contribution in [2.24, 2.45) is 0 Å². The largest absolute Gasteiger partial charge is 0.390 e. The molecule has 0 saturated carbocycles. The molecule has 0 aliphatic heterocycles. The zero-order valence-corrected chi connectivity index (χ0v) is 22.4. The molecule has 0 aliphatic rings. The highest BCUT2D eigenvalue weighted by Gasteiger charge is 2.30. The van der Waals surface area contributed by atoms with Crippen LogP contribution in [0.2, 0.25) is 0 Å². The number of carbonyl (C=O) groups excluding carboxylic acids is 2. The molecule has 4 rings (SSSR count). The van der Waals surface area contributed by atoms with Crippen molar-refractivity contribution in [1.29, 1.82) is 0 Å². The van der Waals surface area contributed by atoms with Gasteiger partial charge >= 0.3 is 0 Å². The minimum Gasteiger partial charge on any atom is -0.390 e. The summed E-state index contributed by atoms with van der Waals surface area (Å²) in [4.78, 5) is 44.6. The fourth-order valence-corrected chi connectivity index (χ4v) is 4.36. The van der Waals surface area contributed by atoms with Crippen molar-refractivity contribution in [3.05, 3.63) is 74.2 Å². The number of nitrogens with zero attached hydrogens (tertiary/aromatic N) is 2. The summed E-state index contributed by atoms with van der Waals surface area (Å²) in [5, 5.41) is 16.6. The van der Waals surface area contributed by atoms with E-state index >= 15 is 0 Å². The van der Waals surface area contributed by atoms with E-state index in [0.29, 0.717) is 28.5 Å². The van der Waals surface area contributed by atoms with E-state index in [4.69, 9.17) is 11.5 Å². The maximum absolute atomic E-state index is 12.5. The number of amides is 2. The Balaban J connectivity index is 1.50. The van der Waals surface area contributed by atoms with Crippen molar-refractivity contribution in [1.82, 2.24) is 40.5 Å². The number of anilines is 2. The minimum absolute atomic E-state index is 0.0943. The number of aromatic amines is 4. The van der Waals surface area contributed by atoms with Crippen LogP contribution in [0.15, 0.2) is 45.7 Å².